The predicted octanol–water partition coefficient (Wildman–Crippen LogP) is 5.97. The first-order valence-electron chi connectivity index (χ1n) is 16.7. The molecule has 2 saturated heterocycles. The van der Waals surface area contributed by atoms with E-state index < -0.39 is 17.7 Å². The Kier molecular flexibility index (Phi) is 15.3. The number of alkyl carbamates (subject to hydrolysis) is 1. The lowest BCUT2D eigenvalue weighted by molar-refractivity contribution is -0.135. The zero-order valence-corrected chi connectivity index (χ0v) is 28.3. The van der Waals surface area contributed by atoms with Crippen LogP contribution in [0.4, 0.5) is 14.4 Å². The molecule has 2 aliphatic heterocycles. The van der Waals surface area contributed by atoms with Gasteiger partial charge in [0.2, 0.25) is 0 Å². The smallest absolute Gasteiger partial charge is 0.407 e. The van der Waals surface area contributed by atoms with Gasteiger partial charge in [0, 0.05) is 45.8 Å². The summed E-state index contributed by atoms with van der Waals surface area (Å²) in [5.41, 5.74) is 1.09. The topological polar surface area (TPSA) is 123 Å². The van der Waals surface area contributed by atoms with E-state index in [1.165, 1.54) is 9.80 Å². The molecule has 4 rings (SSSR count). The Morgan fingerprint density at radius 3 is 2.15 bits per heavy atom. The summed E-state index contributed by atoms with van der Waals surface area (Å²) in [6.07, 6.45) is 4.41. The van der Waals surface area contributed by atoms with E-state index in [2.05, 4.69) is 17.1 Å². The van der Waals surface area contributed by atoms with Crippen molar-refractivity contribution in [3.63, 3.8) is 0 Å². The number of rotatable bonds is 17. The van der Waals surface area contributed by atoms with E-state index in [0.717, 1.165) is 56.4 Å². The Labute approximate surface area is 284 Å². The number of benzene rings is 2. The summed E-state index contributed by atoms with van der Waals surface area (Å²) in [4.78, 5) is 58.1. The van der Waals surface area contributed by atoms with Gasteiger partial charge >= 0.3 is 18.2 Å². The van der Waals surface area contributed by atoms with Crippen molar-refractivity contribution in [1.82, 2.24) is 24.9 Å². The van der Waals surface area contributed by atoms with Crippen molar-refractivity contribution in [3.8, 4) is 0 Å². The van der Waals surface area contributed by atoms with Gasteiger partial charge in [0.05, 0.1) is 0 Å². The highest BCUT2D eigenvalue weighted by Gasteiger charge is 2.57. The number of urea groups is 1. The van der Waals surface area contributed by atoms with Crippen LogP contribution in [0.2, 0.25) is 0 Å². The molecule has 0 radical (unpaired) electrons. The molecule has 2 heterocycles. The van der Waals surface area contributed by atoms with Crippen LogP contribution in [-0.2, 0) is 22.7 Å². The monoisotopic (exact) mass is 671 g/mol. The second-order valence-electron chi connectivity index (χ2n) is 12.2. The predicted molar refractivity (Wildman–Crippen MR) is 182 cm³/mol. The maximum atomic E-state index is 13.8. The van der Waals surface area contributed by atoms with Gasteiger partial charge in [-0.15, -0.1) is 12.4 Å². The highest BCUT2D eigenvalue weighted by molar-refractivity contribution is 6.07. The lowest BCUT2D eigenvalue weighted by Crippen LogP contribution is -2.56. The van der Waals surface area contributed by atoms with Crippen LogP contribution < -0.4 is 5.32 Å². The number of carboxylic acid groups (broad SMARTS) is 1. The van der Waals surface area contributed by atoms with Gasteiger partial charge in [0.15, 0.2) is 0 Å². The Morgan fingerprint density at radius 1 is 0.872 bits per heavy atom. The number of hydrogen-bond acceptors (Lipinski definition) is 6. The van der Waals surface area contributed by atoms with E-state index in [4.69, 9.17) is 4.74 Å². The van der Waals surface area contributed by atoms with Gasteiger partial charge in [-0.05, 0) is 62.6 Å². The molecule has 0 saturated carbocycles. The van der Waals surface area contributed by atoms with Crippen molar-refractivity contribution < 1.29 is 29.0 Å². The number of halogens is 1. The molecule has 2 aliphatic rings. The lowest BCUT2D eigenvalue weighted by Gasteiger charge is -2.42. The molecule has 0 bridgehead atoms. The summed E-state index contributed by atoms with van der Waals surface area (Å²) in [7, 11) is 0. The van der Waals surface area contributed by atoms with Crippen molar-refractivity contribution in [2.24, 2.45) is 0 Å². The Bertz CT molecular complexity index is 1280. The third kappa shape index (κ3) is 10.6. The van der Waals surface area contributed by atoms with E-state index in [0.29, 0.717) is 58.4 Å². The Balaban J connectivity index is 0.00000600. The van der Waals surface area contributed by atoms with E-state index in [1.54, 1.807) is 0 Å². The van der Waals surface area contributed by atoms with Crippen LogP contribution in [0.3, 0.4) is 0 Å². The van der Waals surface area contributed by atoms with Crippen LogP contribution in [0, 0.1) is 0 Å². The zero-order valence-electron chi connectivity index (χ0n) is 27.5. The van der Waals surface area contributed by atoms with Gasteiger partial charge in [-0.25, -0.2) is 14.4 Å². The SMILES string of the molecule is CCCCN1C(=O)N(CCCCNC(=O)OCc2ccccc2)C(=O)C12CCN(CCCCN(Cc1ccccc1)C(=O)O)CC2.Cl. The van der Waals surface area contributed by atoms with Crippen molar-refractivity contribution >= 4 is 36.5 Å². The second kappa shape index (κ2) is 19.1. The molecule has 0 atom stereocenters. The van der Waals surface area contributed by atoms with Crippen molar-refractivity contribution in [2.75, 3.05) is 45.8 Å². The molecule has 5 amide bonds. The number of nitrogens with one attached hydrogen (secondary N) is 1. The number of imide groups is 1. The molecule has 0 aliphatic carbocycles. The molecule has 12 heteroatoms. The Hall–Kier alpha value is -3.83. The van der Waals surface area contributed by atoms with Crippen molar-refractivity contribution in [2.45, 2.75) is 77.0 Å². The average molecular weight is 672 g/mol. The molecule has 11 nitrogen and oxygen atoms in total. The molecule has 0 aromatic heterocycles. The number of likely N-dealkylation sites (tertiary alicyclic amines) is 1. The summed E-state index contributed by atoms with van der Waals surface area (Å²) in [6.45, 7) is 6.70. The minimum absolute atomic E-state index is 0. The van der Waals surface area contributed by atoms with Gasteiger partial charge in [-0.2, -0.15) is 0 Å². The molecular weight excluding hydrogens is 622 g/mol. The summed E-state index contributed by atoms with van der Waals surface area (Å²) >= 11 is 0. The highest BCUT2D eigenvalue weighted by atomic mass is 35.5. The van der Waals surface area contributed by atoms with Crippen molar-refractivity contribution in [1.29, 1.82) is 0 Å². The van der Waals surface area contributed by atoms with Gasteiger partial charge in [-0.3, -0.25) is 9.69 Å². The van der Waals surface area contributed by atoms with Gasteiger partial charge in [0.25, 0.3) is 5.91 Å². The summed E-state index contributed by atoms with van der Waals surface area (Å²) < 4.78 is 5.25. The second-order valence-corrected chi connectivity index (χ2v) is 12.2. The van der Waals surface area contributed by atoms with Gasteiger partial charge in [-0.1, -0.05) is 74.0 Å². The van der Waals surface area contributed by atoms with Gasteiger partial charge in [0.1, 0.15) is 12.1 Å². The fourth-order valence-electron chi connectivity index (χ4n) is 6.28. The first-order chi connectivity index (χ1) is 22.3. The van der Waals surface area contributed by atoms with Gasteiger partial charge < -0.3 is 29.9 Å². The molecule has 2 aromatic carbocycles. The molecule has 2 aromatic rings. The number of piperidine rings is 1. The van der Waals surface area contributed by atoms with E-state index >= 15 is 0 Å². The highest BCUT2D eigenvalue weighted by Crippen LogP contribution is 2.37. The van der Waals surface area contributed by atoms with Crippen LogP contribution in [0.25, 0.3) is 0 Å². The van der Waals surface area contributed by atoms with Crippen molar-refractivity contribution in [3.05, 3.63) is 71.8 Å². The number of unbranched alkanes of at least 4 members (excludes halogenated alkanes) is 3. The molecule has 2 N–H and O–H groups in total. The summed E-state index contributed by atoms with van der Waals surface area (Å²) in [5.74, 6) is -0.0958. The molecule has 1 spiro atoms. The molecule has 2 fully saturated rings. The zero-order chi connectivity index (χ0) is 32.8. The Morgan fingerprint density at radius 2 is 1.51 bits per heavy atom. The molecule has 47 heavy (non-hydrogen) atoms. The first-order valence-corrected chi connectivity index (χ1v) is 16.7. The number of nitrogens with zero attached hydrogens (tertiary/aromatic N) is 4. The molecule has 258 valence electrons. The quantitative estimate of drug-likeness (QED) is 0.157. The minimum Gasteiger partial charge on any atom is -0.465 e. The normalized spacial score (nSPS) is 15.9. The van der Waals surface area contributed by atoms with E-state index in [-0.39, 0.29) is 31.0 Å². The number of ether oxygens (including phenoxy) is 1. The van der Waals surface area contributed by atoms with Crippen LogP contribution in [0.5, 0.6) is 0 Å². The summed E-state index contributed by atoms with van der Waals surface area (Å²) in [5, 5.41) is 12.4. The molecular formula is C35H50ClN5O6. The number of carbonyl (C=O) groups is 4. The van der Waals surface area contributed by atoms with Crippen LogP contribution in [0.1, 0.15) is 69.4 Å². The minimum atomic E-state index is -0.914. The largest absolute Gasteiger partial charge is 0.465 e. The average Bonchev–Trinajstić information content (AvgIpc) is 3.25. The fraction of sp³-hybridized carbons (Fsp3) is 0.543. The third-order valence-corrected chi connectivity index (χ3v) is 8.97. The van der Waals surface area contributed by atoms with E-state index in [9.17, 15) is 24.3 Å². The first kappa shape index (κ1) is 37.6. The van der Waals surface area contributed by atoms with Crippen LogP contribution in [-0.4, -0.2) is 100 Å². The fourth-order valence-corrected chi connectivity index (χ4v) is 6.28. The standard InChI is InChI=1S/C35H49N5O6.ClH/c1-2-3-24-40-33(43)39(23-11-10-20-36-32(42)46-28-30-16-8-5-9-17-30)31(41)35(40)18-25-37(26-19-35)21-12-13-22-38(34(44)45)27-29-14-6-4-7-15-29;/h4-9,14-17H,2-3,10-13,18-28H2,1H3,(H,36,42)(H,44,45);1H. The number of amides is 5. The molecule has 0 unspecified atom stereocenters. The van der Waals surface area contributed by atoms with Crippen LogP contribution in [0.15, 0.2) is 60.7 Å². The van der Waals surface area contributed by atoms with E-state index in [1.807, 2.05) is 65.6 Å². The number of hydrogen-bond donors (Lipinski definition) is 2. The van der Waals surface area contributed by atoms with Crippen LogP contribution >= 0.6 is 12.4 Å². The summed E-state index contributed by atoms with van der Waals surface area (Å²) in [6, 6.07) is 18.9. The maximum Gasteiger partial charge on any atom is 0.407 e. The lowest BCUT2D eigenvalue weighted by atomic mass is 9.85. The third-order valence-electron chi connectivity index (χ3n) is 8.97. The maximum absolute atomic E-state index is 13.8. The number of carbonyl (C=O) groups excluding carboxylic acids is 3.